The van der Waals surface area contributed by atoms with E-state index in [2.05, 4.69) is 17.3 Å². The van der Waals surface area contributed by atoms with Crippen molar-refractivity contribution in [3.05, 3.63) is 23.3 Å². The number of carbonyl (C=O) groups is 1. The minimum absolute atomic E-state index is 0. The third-order valence-electron chi connectivity index (χ3n) is 8.93. The van der Waals surface area contributed by atoms with E-state index in [1.165, 1.54) is 5.56 Å². The van der Waals surface area contributed by atoms with Crippen LogP contribution in [0, 0.1) is 5.92 Å². The Hall–Kier alpha value is -1.25. The van der Waals surface area contributed by atoms with Gasteiger partial charge < -0.3 is 24.6 Å². The molecule has 1 saturated carbocycles. The summed E-state index contributed by atoms with van der Waals surface area (Å²) in [6.07, 6.45) is 3.85. The third kappa shape index (κ3) is 3.30. The van der Waals surface area contributed by atoms with Gasteiger partial charge in [-0.2, -0.15) is 0 Å². The first-order chi connectivity index (χ1) is 14.8. The standard InChI is InChI=1S/C24H34N2O5.2ClH/c1-5-13(2)19(22(28)29)25-15-8-9-24(30-4)17-12-14-6-7-16(27)20-18(14)23(24,21(15)31-20)10-11-26(17)3;;/h6-7,13,15,17,19,21,25,27H,5,8-12H2,1-4H3,(H,28,29);2*1H/t13-,15-,17+,19-,21-,23-,24+;;/m0../s1. The molecule has 5 rings (SSSR count). The minimum atomic E-state index is -0.820. The first-order valence-corrected chi connectivity index (χ1v) is 11.6. The Morgan fingerprint density at radius 3 is 2.73 bits per heavy atom. The number of nitrogens with zero attached hydrogens (tertiary/aromatic N) is 1. The van der Waals surface area contributed by atoms with Crippen LogP contribution in [0.15, 0.2) is 12.1 Å². The molecule has 1 aromatic carbocycles. The zero-order valence-corrected chi connectivity index (χ0v) is 21.3. The zero-order valence-electron chi connectivity index (χ0n) is 19.7. The van der Waals surface area contributed by atoms with Crippen LogP contribution in [-0.2, 0) is 21.4 Å². The molecule has 1 spiro atoms. The number of hydrogen-bond acceptors (Lipinski definition) is 6. The predicted molar refractivity (Wildman–Crippen MR) is 130 cm³/mol. The maximum absolute atomic E-state index is 12.1. The molecule has 4 aliphatic rings. The first-order valence-electron chi connectivity index (χ1n) is 11.6. The molecule has 1 aromatic rings. The number of ether oxygens (including phenoxy) is 2. The SMILES string of the molecule is CC[C@H](C)[C@H](N[C@H]1CC[C@@]2(OC)[C@H]3Cc4ccc(O)c5c4[C@@]2(CCN3C)[C@H]1O5)C(=O)O.Cl.Cl. The lowest BCUT2D eigenvalue weighted by atomic mass is 9.48. The van der Waals surface area contributed by atoms with E-state index in [-0.39, 0.29) is 54.7 Å². The highest BCUT2D eigenvalue weighted by Crippen LogP contribution is 2.66. The first kappa shape index (κ1) is 26.4. The average Bonchev–Trinajstić information content (AvgIpc) is 3.12. The second kappa shape index (κ2) is 9.08. The van der Waals surface area contributed by atoms with E-state index in [9.17, 15) is 15.0 Å². The van der Waals surface area contributed by atoms with Crippen molar-refractivity contribution < 1.29 is 24.5 Å². The van der Waals surface area contributed by atoms with Crippen molar-refractivity contribution in [3.63, 3.8) is 0 Å². The highest BCUT2D eigenvalue weighted by Gasteiger charge is 2.73. The highest BCUT2D eigenvalue weighted by atomic mass is 35.5. The van der Waals surface area contributed by atoms with Gasteiger partial charge in [-0.25, -0.2) is 0 Å². The van der Waals surface area contributed by atoms with Gasteiger partial charge in [-0.15, -0.1) is 24.8 Å². The minimum Gasteiger partial charge on any atom is -0.504 e. The van der Waals surface area contributed by atoms with E-state index in [1.54, 1.807) is 6.07 Å². The number of carboxylic acids is 1. The third-order valence-corrected chi connectivity index (χ3v) is 8.93. The lowest BCUT2D eigenvalue weighted by Gasteiger charge is -2.65. The molecular weight excluding hydrogens is 467 g/mol. The number of halogens is 2. The Morgan fingerprint density at radius 1 is 1.36 bits per heavy atom. The van der Waals surface area contributed by atoms with Crippen LogP contribution in [0.3, 0.4) is 0 Å². The number of phenolic OH excluding ortho intramolecular Hbond substituents is 1. The van der Waals surface area contributed by atoms with Gasteiger partial charge in [0.1, 0.15) is 12.1 Å². The number of carboxylic acid groups (broad SMARTS) is 1. The fourth-order valence-corrected chi connectivity index (χ4v) is 7.26. The fourth-order valence-electron chi connectivity index (χ4n) is 7.26. The van der Waals surface area contributed by atoms with Gasteiger partial charge in [-0.05, 0) is 56.8 Å². The molecule has 3 N–H and O–H groups in total. The van der Waals surface area contributed by atoms with Crippen molar-refractivity contribution in [2.75, 3.05) is 20.7 Å². The van der Waals surface area contributed by atoms with Crippen LogP contribution < -0.4 is 10.1 Å². The molecule has 2 heterocycles. The zero-order chi connectivity index (χ0) is 22.1. The summed E-state index contributed by atoms with van der Waals surface area (Å²) < 4.78 is 13.0. The number of benzene rings is 1. The molecular formula is C24H36Cl2N2O5. The van der Waals surface area contributed by atoms with Crippen LogP contribution in [0.5, 0.6) is 11.5 Å². The molecule has 2 aliphatic carbocycles. The number of piperidine rings is 1. The van der Waals surface area contributed by atoms with Crippen molar-refractivity contribution in [2.45, 2.75) is 81.2 Å². The maximum Gasteiger partial charge on any atom is 0.320 e. The number of hydrogen-bond donors (Lipinski definition) is 3. The quantitative estimate of drug-likeness (QED) is 0.550. The van der Waals surface area contributed by atoms with E-state index in [0.717, 1.165) is 44.2 Å². The summed E-state index contributed by atoms with van der Waals surface area (Å²) in [6, 6.07) is 3.24. The number of methoxy groups -OCH3 is 1. The molecule has 0 unspecified atom stereocenters. The predicted octanol–water partition coefficient (Wildman–Crippen LogP) is 3.13. The molecule has 9 heteroatoms. The van der Waals surface area contributed by atoms with E-state index in [0.29, 0.717) is 5.75 Å². The summed E-state index contributed by atoms with van der Waals surface area (Å²) in [5, 5.41) is 24.1. The van der Waals surface area contributed by atoms with E-state index < -0.39 is 23.0 Å². The summed E-state index contributed by atoms with van der Waals surface area (Å²) in [6.45, 7) is 4.92. The Morgan fingerprint density at radius 2 is 2.09 bits per heavy atom. The number of likely N-dealkylation sites (N-methyl/N-ethyl adjacent to an activating group) is 1. The van der Waals surface area contributed by atoms with Gasteiger partial charge in [0, 0.05) is 24.8 Å². The molecule has 186 valence electrons. The highest BCUT2D eigenvalue weighted by molar-refractivity contribution is 5.85. The van der Waals surface area contributed by atoms with Crippen LogP contribution in [0.1, 0.15) is 50.7 Å². The van der Waals surface area contributed by atoms with Gasteiger partial charge in [0.25, 0.3) is 0 Å². The summed E-state index contributed by atoms with van der Waals surface area (Å²) in [4.78, 5) is 14.5. The van der Waals surface area contributed by atoms with Gasteiger partial charge in [0.2, 0.25) is 0 Å². The van der Waals surface area contributed by atoms with Crippen molar-refractivity contribution >= 4 is 30.8 Å². The molecule has 2 fully saturated rings. The number of rotatable bonds is 6. The van der Waals surface area contributed by atoms with Crippen molar-refractivity contribution in [3.8, 4) is 11.5 Å². The molecule has 0 aromatic heterocycles. The Labute approximate surface area is 208 Å². The van der Waals surface area contributed by atoms with Crippen LogP contribution in [0.2, 0.25) is 0 Å². The average molecular weight is 503 g/mol. The second-order valence-electron chi connectivity index (χ2n) is 10.0. The smallest absolute Gasteiger partial charge is 0.320 e. The monoisotopic (exact) mass is 502 g/mol. The van der Waals surface area contributed by atoms with Crippen LogP contribution in [0.4, 0.5) is 0 Å². The molecule has 7 atom stereocenters. The normalized spacial score (nSPS) is 35.3. The van der Waals surface area contributed by atoms with Gasteiger partial charge >= 0.3 is 5.97 Å². The summed E-state index contributed by atoms with van der Waals surface area (Å²) in [5.41, 5.74) is 1.52. The number of likely N-dealkylation sites (tertiary alicyclic amines) is 1. The van der Waals surface area contributed by atoms with Crippen molar-refractivity contribution in [1.82, 2.24) is 10.2 Å². The van der Waals surface area contributed by atoms with Crippen LogP contribution >= 0.6 is 24.8 Å². The Kier molecular flexibility index (Phi) is 7.25. The van der Waals surface area contributed by atoms with Crippen molar-refractivity contribution in [2.24, 2.45) is 5.92 Å². The number of aromatic hydroxyl groups is 1. The molecule has 2 aliphatic heterocycles. The lowest BCUT2D eigenvalue weighted by molar-refractivity contribution is -0.204. The van der Waals surface area contributed by atoms with E-state index >= 15 is 0 Å². The van der Waals surface area contributed by atoms with Gasteiger partial charge in [-0.3, -0.25) is 10.1 Å². The number of nitrogens with one attached hydrogen (secondary N) is 1. The second-order valence-corrected chi connectivity index (χ2v) is 10.0. The Bertz CT molecular complexity index is 917. The van der Waals surface area contributed by atoms with E-state index in [4.69, 9.17) is 9.47 Å². The van der Waals surface area contributed by atoms with Gasteiger partial charge in [0.15, 0.2) is 11.5 Å². The van der Waals surface area contributed by atoms with E-state index in [1.807, 2.05) is 27.0 Å². The molecule has 0 amide bonds. The molecule has 0 radical (unpaired) electrons. The lowest BCUT2D eigenvalue weighted by Crippen LogP contribution is -2.78. The molecule has 7 nitrogen and oxygen atoms in total. The maximum atomic E-state index is 12.1. The molecule has 33 heavy (non-hydrogen) atoms. The summed E-state index contributed by atoms with van der Waals surface area (Å²) >= 11 is 0. The Balaban J connectivity index is 0.00000153. The summed E-state index contributed by atoms with van der Waals surface area (Å²) in [7, 11) is 3.98. The molecule has 2 bridgehead atoms. The van der Waals surface area contributed by atoms with Crippen molar-refractivity contribution in [1.29, 1.82) is 0 Å². The number of phenols is 1. The molecule has 1 saturated heterocycles. The summed E-state index contributed by atoms with van der Waals surface area (Å²) in [5.74, 6) is -0.0655. The van der Waals surface area contributed by atoms with Gasteiger partial charge in [-0.1, -0.05) is 26.3 Å². The topological polar surface area (TPSA) is 91.3 Å². The largest absolute Gasteiger partial charge is 0.504 e. The van der Waals surface area contributed by atoms with Gasteiger partial charge in [0.05, 0.1) is 11.0 Å². The van der Waals surface area contributed by atoms with Crippen LogP contribution in [-0.4, -0.2) is 71.6 Å². The fraction of sp³-hybridized carbons (Fsp3) is 0.708. The van der Waals surface area contributed by atoms with Crippen LogP contribution in [0.25, 0.3) is 0 Å². The number of aliphatic carboxylic acids is 1.